The number of nitrogens with zero attached hydrogens (tertiary/aromatic N) is 2. The van der Waals surface area contributed by atoms with Crippen LogP contribution in [0.15, 0.2) is 18.3 Å². The van der Waals surface area contributed by atoms with Crippen molar-refractivity contribution in [3.63, 3.8) is 0 Å². The molecule has 1 N–H and O–H groups in total. The Hall–Kier alpha value is -1.13. The first-order valence-corrected chi connectivity index (χ1v) is 6.71. The number of pyridine rings is 1. The van der Waals surface area contributed by atoms with Gasteiger partial charge in [-0.2, -0.15) is 0 Å². The van der Waals surface area contributed by atoms with Gasteiger partial charge in [-0.05, 0) is 32.4 Å². The maximum Gasteiger partial charge on any atom is 0.130 e. The topological polar surface area (TPSA) is 37.4 Å². The molecule has 0 saturated carbocycles. The van der Waals surface area contributed by atoms with E-state index in [1.165, 1.54) is 24.8 Å². The fraction of sp³-hybridized carbons (Fsp3) is 0.643. The van der Waals surface area contributed by atoms with Gasteiger partial charge in [0.05, 0.1) is 6.10 Å². The Morgan fingerprint density at radius 2 is 2.39 bits per heavy atom. The second-order valence-corrected chi connectivity index (χ2v) is 4.95. The van der Waals surface area contributed by atoms with Crippen molar-refractivity contribution in [1.82, 2.24) is 9.88 Å². The van der Waals surface area contributed by atoms with E-state index in [9.17, 15) is 0 Å². The predicted octanol–water partition coefficient (Wildman–Crippen LogP) is 2.12. The number of likely N-dealkylation sites (N-methyl/N-ethyl adjacent to an activating group) is 1. The molecule has 0 aromatic carbocycles. The van der Waals surface area contributed by atoms with Crippen molar-refractivity contribution in [2.45, 2.75) is 31.9 Å². The van der Waals surface area contributed by atoms with E-state index < -0.39 is 0 Å². The van der Waals surface area contributed by atoms with Crippen LogP contribution in [0.1, 0.15) is 24.8 Å². The van der Waals surface area contributed by atoms with Crippen molar-refractivity contribution in [2.75, 3.05) is 32.6 Å². The molecule has 0 bridgehead atoms. The molecule has 1 aliphatic rings. The Morgan fingerprint density at radius 3 is 3.11 bits per heavy atom. The maximum atomic E-state index is 5.77. The highest BCUT2D eigenvalue weighted by molar-refractivity contribution is 5.42. The minimum Gasteiger partial charge on any atom is -0.377 e. The normalized spacial score (nSPS) is 20.1. The molecule has 2 heterocycles. The third-order valence-corrected chi connectivity index (χ3v) is 3.36. The maximum absolute atomic E-state index is 5.77. The summed E-state index contributed by atoms with van der Waals surface area (Å²) >= 11 is 0. The Balaban J connectivity index is 1.87. The van der Waals surface area contributed by atoms with Gasteiger partial charge < -0.3 is 10.1 Å². The zero-order valence-electron chi connectivity index (χ0n) is 11.4. The molecule has 1 aromatic rings. The molecule has 4 nitrogen and oxygen atoms in total. The molecule has 4 heteroatoms. The lowest BCUT2D eigenvalue weighted by Gasteiger charge is -2.27. The van der Waals surface area contributed by atoms with Crippen LogP contribution in [0.25, 0.3) is 0 Å². The van der Waals surface area contributed by atoms with Gasteiger partial charge >= 0.3 is 0 Å². The number of ether oxygens (including phenoxy) is 1. The fourth-order valence-electron chi connectivity index (χ4n) is 2.45. The van der Waals surface area contributed by atoms with Crippen molar-refractivity contribution in [3.8, 4) is 0 Å². The second kappa shape index (κ2) is 6.71. The molecule has 1 aliphatic heterocycles. The van der Waals surface area contributed by atoms with Gasteiger partial charge in [0.2, 0.25) is 0 Å². The third kappa shape index (κ3) is 3.68. The van der Waals surface area contributed by atoms with E-state index >= 15 is 0 Å². The summed E-state index contributed by atoms with van der Waals surface area (Å²) in [6.45, 7) is 2.83. The van der Waals surface area contributed by atoms with Crippen molar-refractivity contribution < 1.29 is 4.74 Å². The van der Waals surface area contributed by atoms with Gasteiger partial charge in [-0.15, -0.1) is 0 Å². The van der Waals surface area contributed by atoms with E-state index in [0.29, 0.717) is 6.10 Å². The third-order valence-electron chi connectivity index (χ3n) is 3.36. The second-order valence-electron chi connectivity index (χ2n) is 4.95. The molecule has 0 radical (unpaired) electrons. The largest absolute Gasteiger partial charge is 0.377 e. The summed E-state index contributed by atoms with van der Waals surface area (Å²) in [6, 6.07) is 4.11. The Bertz CT molecular complexity index is 364. The fourth-order valence-corrected chi connectivity index (χ4v) is 2.45. The monoisotopic (exact) mass is 249 g/mol. The van der Waals surface area contributed by atoms with E-state index in [1.54, 1.807) is 0 Å². The molecule has 0 spiro atoms. The van der Waals surface area contributed by atoms with E-state index in [0.717, 1.165) is 25.5 Å². The SMILES string of the molecule is CNc1ncccc1CN(C)CC1CCCCO1. The van der Waals surface area contributed by atoms with Crippen LogP contribution in [0.2, 0.25) is 0 Å². The molecular weight excluding hydrogens is 226 g/mol. The molecule has 0 aliphatic carbocycles. The van der Waals surface area contributed by atoms with E-state index in [-0.39, 0.29) is 0 Å². The highest BCUT2D eigenvalue weighted by atomic mass is 16.5. The molecule has 1 unspecified atom stereocenters. The van der Waals surface area contributed by atoms with E-state index in [4.69, 9.17) is 4.74 Å². The minimum atomic E-state index is 0.401. The van der Waals surface area contributed by atoms with E-state index in [2.05, 4.69) is 28.3 Å². The van der Waals surface area contributed by atoms with E-state index in [1.807, 2.05) is 19.3 Å². The lowest BCUT2D eigenvalue weighted by Crippen LogP contribution is -2.33. The van der Waals surface area contributed by atoms with Gasteiger partial charge in [-0.3, -0.25) is 4.90 Å². The number of hydrogen-bond donors (Lipinski definition) is 1. The summed E-state index contributed by atoms with van der Waals surface area (Å²) in [5.41, 5.74) is 1.23. The summed E-state index contributed by atoms with van der Waals surface area (Å²) in [6.07, 6.45) is 5.92. The molecule has 1 aromatic heterocycles. The van der Waals surface area contributed by atoms with Crippen LogP contribution in [-0.4, -0.2) is 43.2 Å². The summed E-state index contributed by atoms with van der Waals surface area (Å²) in [5.74, 6) is 0.967. The van der Waals surface area contributed by atoms with Crippen LogP contribution < -0.4 is 5.32 Å². The first-order valence-electron chi connectivity index (χ1n) is 6.71. The van der Waals surface area contributed by atoms with Crippen LogP contribution in [0.4, 0.5) is 5.82 Å². The smallest absolute Gasteiger partial charge is 0.130 e. The summed E-state index contributed by atoms with van der Waals surface area (Å²) < 4.78 is 5.77. The Morgan fingerprint density at radius 1 is 1.50 bits per heavy atom. The van der Waals surface area contributed by atoms with Crippen molar-refractivity contribution in [3.05, 3.63) is 23.9 Å². The molecule has 1 saturated heterocycles. The Kier molecular flexibility index (Phi) is 4.96. The van der Waals surface area contributed by atoms with Crippen LogP contribution in [0, 0.1) is 0 Å². The van der Waals surface area contributed by atoms with Crippen molar-refractivity contribution in [2.24, 2.45) is 0 Å². The van der Waals surface area contributed by atoms with Gasteiger partial charge in [0, 0.05) is 38.5 Å². The lowest BCUT2D eigenvalue weighted by molar-refractivity contribution is -0.00257. The summed E-state index contributed by atoms with van der Waals surface area (Å²) in [4.78, 5) is 6.64. The zero-order chi connectivity index (χ0) is 12.8. The lowest BCUT2D eigenvalue weighted by atomic mass is 10.1. The molecule has 1 atom stereocenters. The number of hydrogen-bond acceptors (Lipinski definition) is 4. The number of rotatable bonds is 5. The van der Waals surface area contributed by atoms with Crippen LogP contribution in [-0.2, 0) is 11.3 Å². The van der Waals surface area contributed by atoms with Gasteiger partial charge in [0.15, 0.2) is 0 Å². The average Bonchev–Trinajstić information content (AvgIpc) is 2.40. The van der Waals surface area contributed by atoms with Crippen molar-refractivity contribution >= 4 is 5.82 Å². The summed E-state index contributed by atoms with van der Waals surface area (Å²) in [5, 5.41) is 3.14. The van der Waals surface area contributed by atoms with Crippen LogP contribution in [0.5, 0.6) is 0 Å². The molecule has 1 fully saturated rings. The van der Waals surface area contributed by atoms with Crippen LogP contribution >= 0.6 is 0 Å². The molecular formula is C14H23N3O. The predicted molar refractivity (Wildman–Crippen MR) is 73.7 cm³/mol. The van der Waals surface area contributed by atoms with Crippen molar-refractivity contribution in [1.29, 1.82) is 0 Å². The highest BCUT2D eigenvalue weighted by Crippen LogP contribution is 2.16. The molecule has 2 rings (SSSR count). The summed E-state index contributed by atoms with van der Waals surface area (Å²) in [7, 11) is 4.06. The number of anilines is 1. The average molecular weight is 249 g/mol. The first-order chi connectivity index (χ1) is 8.79. The van der Waals surface area contributed by atoms with Gasteiger partial charge in [-0.1, -0.05) is 6.07 Å². The minimum absolute atomic E-state index is 0.401. The highest BCUT2D eigenvalue weighted by Gasteiger charge is 2.16. The quantitative estimate of drug-likeness (QED) is 0.867. The van der Waals surface area contributed by atoms with Gasteiger partial charge in [0.25, 0.3) is 0 Å². The molecule has 0 amide bonds. The van der Waals surface area contributed by atoms with Crippen LogP contribution in [0.3, 0.4) is 0 Å². The van der Waals surface area contributed by atoms with Gasteiger partial charge in [-0.25, -0.2) is 4.98 Å². The number of aromatic nitrogens is 1. The molecule has 18 heavy (non-hydrogen) atoms. The number of nitrogens with one attached hydrogen (secondary N) is 1. The molecule has 100 valence electrons. The zero-order valence-corrected chi connectivity index (χ0v) is 11.4. The first kappa shape index (κ1) is 13.3. The standard InChI is InChI=1S/C14H23N3O/c1-15-14-12(6-5-8-16-14)10-17(2)11-13-7-3-4-9-18-13/h5-6,8,13H,3-4,7,9-11H2,1-2H3,(H,15,16). The Labute approximate surface area is 109 Å². The van der Waals surface area contributed by atoms with Gasteiger partial charge in [0.1, 0.15) is 5.82 Å².